The molecule has 0 saturated carbocycles. The van der Waals surface area contributed by atoms with E-state index in [1.165, 1.54) is 17.1 Å². The van der Waals surface area contributed by atoms with Crippen molar-refractivity contribution in [3.8, 4) is 0 Å². The first-order valence-corrected chi connectivity index (χ1v) is 6.51. The van der Waals surface area contributed by atoms with Crippen LogP contribution in [0.5, 0.6) is 0 Å². The second-order valence-corrected chi connectivity index (χ2v) is 5.09. The molecule has 3 aromatic rings. The Hall–Kier alpha value is -1.46. The lowest BCUT2D eigenvalue weighted by Crippen LogP contribution is -2.04. The topological polar surface area (TPSA) is 29.7 Å². The molecule has 3 heterocycles. The van der Waals surface area contributed by atoms with Crippen molar-refractivity contribution >= 4 is 33.5 Å². The maximum atomic E-state index is 4.59. The van der Waals surface area contributed by atoms with Crippen LogP contribution in [0, 0.1) is 6.92 Å². The Labute approximate surface area is 101 Å². The molecule has 0 saturated heterocycles. The highest BCUT2D eigenvalue weighted by molar-refractivity contribution is 7.14. The van der Waals surface area contributed by atoms with Crippen LogP contribution in [0.1, 0.15) is 5.56 Å². The molecular formula is C11H9N3S2. The Morgan fingerprint density at radius 3 is 3.12 bits per heavy atom. The minimum atomic E-state index is 0.914. The second kappa shape index (κ2) is 3.84. The van der Waals surface area contributed by atoms with E-state index >= 15 is 0 Å². The Morgan fingerprint density at radius 2 is 2.31 bits per heavy atom. The van der Waals surface area contributed by atoms with Gasteiger partial charge in [0.05, 0.1) is 0 Å². The largest absolute Gasteiger partial charge is 0.275 e. The fraction of sp³-hybridized carbons (Fsp3) is 0.0909. The third kappa shape index (κ3) is 1.68. The van der Waals surface area contributed by atoms with Crippen LogP contribution in [-0.4, -0.2) is 8.77 Å². The van der Waals surface area contributed by atoms with Gasteiger partial charge in [0.2, 0.25) is 4.80 Å². The summed E-state index contributed by atoms with van der Waals surface area (Å²) in [5.74, 6) is 0. The van der Waals surface area contributed by atoms with Crippen molar-refractivity contribution < 1.29 is 0 Å². The Morgan fingerprint density at radius 1 is 1.38 bits per heavy atom. The smallest absolute Gasteiger partial charge is 0.214 e. The molecule has 0 spiro atoms. The number of fused-ring (bicyclic) bond motifs is 1. The van der Waals surface area contributed by atoms with Gasteiger partial charge in [-0.05, 0) is 36.1 Å². The van der Waals surface area contributed by atoms with Gasteiger partial charge in [-0.2, -0.15) is 4.37 Å². The summed E-state index contributed by atoms with van der Waals surface area (Å²) in [5.41, 5.74) is 2.20. The molecule has 0 aliphatic carbocycles. The normalized spacial score (nSPS) is 12.4. The molecule has 0 unspecified atom stereocenters. The minimum absolute atomic E-state index is 0.914. The first kappa shape index (κ1) is 9.74. The lowest BCUT2D eigenvalue weighted by molar-refractivity contribution is 1.09. The van der Waals surface area contributed by atoms with Gasteiger partial charge in [-0.25, -0.2) is 4.99 Å². The summed E-state index contributed by atoms with van der Waals surface area (Å²) < 4.78 is 6.34. The van der Waals surface area contributed by atoms with E-state index in [1.54, 1.807) is 11.3 Å². The van der Waals surface area contributed by atoms with E-state index in [-0.39, 0.29) is 0 Å². The van der Waals surface area contributed by atoms with E-state index in [2.05, 4.69) is 27.7 Å². The van der Waals surface area contributed by atoms with Gasteiger partial charge >= 0.3 is 0 Å². The van der Waals surface area contributed by atoms with Crippen molar-refractivity contribution in [2.45, 2.75) is 6.92 Å². The van der Waals surface area contributed by atoms with Crippen molar-refractivity contribution in [2.75, 3.05) is 0 Å². The lowest BCUT2D eigenvalue weighted by Gasteiger charge is -1.89. The number of nitrogens with zero attached hydrogens (tertiary/aromatic N) is 3. The third-order valence-corrected chi connectivity index (χ3v) is 3.86. The molecule has 0 aliphatic rings. The summed E-state index contributed by atoms with van der Waals surface area (Å²) >= 11 is 3.08. The molecule has 0 aromatic carbocycles. The molecule has 3 nitrogen and oxygen atoms in total. The molecule has 0 N–H and O–H groups in total. The monoisotopic (exact) mass is 247 g/mol. The number of hydrogen-bond acceptors (Lipinski definition) is 4. The number of rotatable bonds is 1. The molecule has 0 fully saturated rings. The first-order chi connectivity index (χ1) is 7.83. The fourth-order valence-electron chi connectivity index (χ4n) is 1.45. The number of pyridine rings is 1. The molecule has 0 bridgehead atoms. The van der Waals surface area contributed by atoms with Gasteiger partial charge < -0.3 is 0 Å². The number of aromatic nitrogens is 2. The van der Waals surface area contributed by atoms with E-state index in [9.17, 15) is 0 Å². The molecule has 3 rings (SSSR count). The van der Waals surface area contributed by atoms with Crippen LogP contribution in [0.15, 0.2) is 40.8 Å². The molecule has 0 amide bonds. The van der Waals surface area contributed by atoms with Gasteiger partial charge in [0.1, 0.15) is 5.00 Å². The summed E-state index contributed by atoms with van der Waals surface area (Å²) in [5, 5.41) is 3.13. The van der Waals surface area contributed by atoms with Gasteiger partial charge in [-0.1, -0.05) is 6.07 Å². The lowest BCUT2D eigenvalue weighted by atomic mass is 10.4. The zero-order valence-corrected chi connectivity index (χ0v) is 10.3. The third-order valence-electron chi connectivity index (χ3n) is 2.19. The van der Waals surface area contributed by atoms with E-state index in [4.69, 9.17) is 0 Å². The van der Waals surface area contributed by atoms with E-state index in [0.29, 0.717) is 0 Å². The van der Waals surface area contributed by atoms with Crippen molar-refractivity contribution in [3.63, 3.8) is 0 Å². The Kier molecular flexibility index (Phi) is 2.34. The molecule has 0 radical (unpaired) electrons. The Balaban J connectivity index is 2.22. The average Bonchev–Trinajstić information content (AvgIpc) is 2.87. The highest BCUT2D eigenvalue weighted by Crippen LogP contribution is 2.22. The van der Waals surface area contributed by atoms with Crippen LogP contribution in [-0.2, 0) is 0 Å². The van der Waals surface area contributed by atoms with Crippen molar-refractivity contribution in [1.29, 1.82) is 0 Å². The summed E-state index contributed by atoms with van der Waals surface area (Å²) in [6.07, 6.45) is 1.98. The van der Waals surface area contributed by atoms with Crippen LogP contribution < -0.4 is 4.80 Å². The van der Waals surface area contributed by atoms with Crippen molar-refractivity contribution in [1.82, 2.24) is 8.77 Å². The summed E-state index contributed by atoms with van der Waals surface area (Å²) in [6, 6.07) is 8.03. The number of thiophene rings is 1. The molecule has 16 heavy (non-hydrogen) atoms. The number of aryl methyl sites for hydroxylation is 1. The SMILES string of the molecule is Cc1csc(N=c2snc3ccccn23)c1. The predicted molar refractivity (Wildman–Crippen MR) is 67.3 cm³/mol. The van der Waals surface area contributed by atoms with Crippen molar-refractivity contribution in [3.05, 3.63) is 46.2 Å². The molecular weight excluding hydrogens is 238 g/mol. The van der Waals surface area contributed by atoms with Gasteiger partial charge in [-0.3, -0.25) is 4.40 Å². The average molecular weight is 247 g/mol. The van der Waals surface area contributed by atoms with Gasteiger partial charge in [-0.15, -0.1) is 11.3 Å². The molecule has 80 valence electrons. The minimum Gasteiger partial charge on any atom is -0.275 e. The van der Waals surface area contributed by atoms with E-state index < -0.39 is 0 Å². The maximum absolute atomic E-state index is 4.59. The van der Waals surface area contributed by atoms with Crippen LogP contribution in [0.4, 0.5) is 5.00 Å². The second-order valence-electron chi connectivity index (χ2n) is 3.47. The molecule has 3 aromatic heterocycles. The summed E-state index contributed by atoms with van der Waals surface area (Å²) in [4.78, 5) is 5.50. The van der Waals surface area contributed by atoms with Gasteiger partial charge in [0, 0.05) is 17.7 Å². The maximum Gasteiger partial charge on any atom is 0.214 e. The highest BCUT2D eigenvalue weighted by atomic mass is 32.1. The standard InChI is InChI=1S/C11H9N3S2/c1-8-6-10(15-7-8)12-11-14-5-3-2-4-9(14)13-16-11/h2-7H,1H3. The summed E-state index contributed by atoms with van der Waals surface area (Å²) in [7, 11) is 0. The van der Waals surface area contributed by atoms with Crippen LogP contribution in [0.2, 0.25) is 0 Å². The van der Waals surface area contributed by atoms with Gasteiger partial charge in [0.15, 0.2) is 5.65 Å². The zero-order chi connectivity index (χ0) is 11.0. The summed E-state index contributed by atoms with van der Waals surface area (Å²) in [6.45, 7) is 2.08. The quantitative estimate of drug-likeness (QED) is 0.650. The Bertz CT molecular complexity index is 690. The van der Waals surface area contributed by atoms with E-state index in [1.807, 2.05) is 28.8 Å². The highest BCUT2D eigenvalue weighted by Gasteiger charge is 1.98. The van der Waals surface area contributed by atoms with Gasteiger partial charge in [0.25, 0.3) is 0 Å². The zero-order valence-electron chi connectivity index (χ0n) is 8.62. The molecule has 0 aliphatic heterocycles. The molecule has 0 atom stereocenters. The number of hydrogen-bond donors (Lipinski definition) is 0. The predicted octanol–water partition coefficient (Wildman–Crippen LogP) is 3.00. The van der Waals surface area contributed by atoms with Crippen LogP contribution >= 0.6 is 22.9 Å². The first-order valence-electron chi connectivity index (χ1n) is 4.86. The molecule has 5 heteroatoms. The van der Waals surface area contributed by atoms with E-state index in [0.717, 1.165) is 15.4 Å². The van der Waals surface area contributed by atoms with Crippen LogP contribution in [0.3, 0.4) is 0 Å². The van der Waals surface area contributed by atoms with Crippen molar-refractivity contribution in [2.24, 2.45) is 4.99 Å². The van der Waals surface area contributed by atoms with Crippen LogP contribution in [0.25, 0.3) is 5.65 Å². The fourth-order valence-corrected chi connectivity index (χ4v) is 2.98.